The van der Waals surface area contributed by atoms with E-state index in [1.807, 2.05) is 6.92 Å². The number of carboxylic acid groups (broad SMARTS) is 1. The van der Waals surface area contributed by atoms with E-state index in [0.717, 1.165) is 12.8 Å². The molecule has 0 aromatic carbocycles. The third kappa shape index (κ3) is 7.58. The number of hydrogen-bond acceptors (Lipinski definition) is 6. The number of carboxylic acids is 1. The topological polar surface area (TPSA) is 106 Å². The Morgan fingerprint density at radius 1 is 0.971 bits per heavy atom. The summed E-state index contributed by atoms with van der Waals surface area (Å²) in [6.45, 7) is 19.1. The molecule has 202 valence electrons. The molecule has 0 aromatic heterocycles. The minimum absolute atomic E-state index is 0.0207. The van der Waals surface area contributed by atoms with Crippen molar-refractivity contribution in [1.29, 1.82) is 0 Å². The zero-order valence-corrected chi connectivity index (χ0v) is 24.1. The van der Waals surface area contributed by atoms with Gasteiger partial charge in [0.05, 0.1) is 12.7 Å². The second-order valence-corrected chi connectivity index (χ2v) is 17.2. The maximum Gasteiger partial charge on any atom is 0.411 e. The Morgan fingerprint density at radius 3 is 2.11 bits per heavy atom. The Kier molecular flexibility index (Phi) is 9.30. The molecule has 10 heteroatoms. The van der Waals surface area contributed by atoms with Crippen molar-refractivity contribution in [1.82, 2.24) is 9.80 Å². The predicted molar refractivity (Wildman–Crippen MR) is 136 cm³/mol. The van der Waals surface area contributed by atoms with Crippen molar-refractivity contribution in [3.05, 3.63) is 0 Å². The van der Waals surface area contributed by atoms with Gasteiger partial charge in [0.2, 0.25) is 0 Å². The van der Waals surface area contributed by atoms with Crippen molar-refractivity contribution < 1.29 is 33.4 Å². The normalized spacial score (nSPS) is 25.6. The number of carbonyl (C=O) groups is 3. The van der Waals surface area contributed by atoms with E-state index < -0.39 is 38.1 Å². The quantitative estimate of drug-likeness (QED) is 0.372. The lowest BCUT2D eigenvalue weighted by Crippen LogP contribution is -2.45. The molecule has 2 aliphatic rings. The second-order valence-electron chi connectivity index (χ2n) is 12.4. The molecule has 35 heavy (non-hydrogen) atoms. The highest BCUT2D eigenvalue weighted by Gasteiger charge is 2.51. The lowest BCUT2D eigenvalue weighted by atomic mass is 9.94. The van der Waals surface area contributed by atoms with Gasteiger partial charge in [0.1, 0.15) is 11.6 Å². The highest BCUT2D eigenvalue weighted by molar-refractivity contribution is 6.74. The first kappa shape index (κ1) is 29.4. The highest BCUT2D eigenvalue weighted by Crippen LogP contribution is 2.41. The number of aliphatic carboxylic acids is 1. The lowest BCUT2D eigenvalue weighted by molar-refractivity contribution is -0.142. The summed E-state index contributed by atoms with van der Waals surface area (Å²) < 4.78 is 17.7. The molecule has 0 radical (unpaired) electrons. The summed E-state index contributed by atoms with van der Waals surface area (Å²) in [5, 5.41) is 9.85. The second kappa shape index (κ2) is 11.1. The van der Waals surface area contributed by atoms with Crippen molar-refractivity contribution in [2.24, 2.45) is 5.92 Å². The Morgan fingerprint density at radius 2 is 1.60 bits per heavy atom. The van der Waals surface area contributed by atoms with Crippen LogP contribution >= 0.6 is 0 Å². The Labute approximate surface area is 211 Å². The van der Waals surface area contributed by atoms with Crippen LogP contribution in [-0.2, 0) is 18.7 Å². The molecular weight excluding hydrogens is 468 g/mol. The number of nitrogens with zero attached hydrogens (tertiary/aromatic N) is 2. The van der Waals surface area contributed by atoms with Gasteiger partial charge in [-0.05, 0) is 64.1 Å². The molecule has 4 unspecified atom stereocenters. The molecule has 0 aromatic rings. The van der Waals surface area contributed by atoms with E-state index in [0.29, 0.717) is 19.6 Å². The molecule has 2 amide bonds. The van der Waals surface area contributed by atoms with Crippen LogP contribution < -0.4 is 0 Å². The fourth-order valence-electron chi connectivity index (χ4n) is 4.45. The number of likely N-dealkylation sites (tertiary alicyclic amines) is 2. The van der Waals surface area contributed by atoms with Gasteiger partial charge >= 0.3 is 18.2 Å². The van der Waals surface area contributed by atoms with Crippen molar-refractivity contribution in [3.63, 3.8) is 0 Å². The van der Waals surface area contributed by atoms with E-state index in [1.165, 1.54) is 4.90 Å². The van der Waals surface area contributed by atoms with Gasteiger partial charge in [-0.3, -0.25) is 4.90 Å². The molecule has 4 atom stereocenters. The van der Waals surface area contributed by atoms with Gasteiger partial charge in [-0.2, -0.15) is 0 Å². The van der Waals surface area contributed by atoms with Crippen LogP contribution in [0.15, 0.2) is 0 Å². The highest BCUT2D eigenvalue weighted by atomic mass is 28.4. The maximum absolute atomic E-state index is 13.1. The van der Waals surface area contributed by atoms with Crippen LogP contribution in [0.1, 0.15) is 74.1 Å². The summed E-state index contributed by atoms with van der Waals surface area (Å²) in [5.74, 6) is -1.28. The van der Waals surface area contributed by atoms with Gasteiger partial charge in [0.15, 0.2) is 8.32 Å². The van der Waals surface area contributed by atoms with E-state index >= 15 is 0 Å². The van der Waals surface area contributed by atoms with E-state index in [2.05, 4.69) is 33.9 Å². The summed E-state index contributed by atoms with van der Waals surface area (Å²) in [5.41, 5.74) is -0.733. The largest absolute Gasteiger partial charge is 0.480 e. The number of unbranched alkanes of at least 4 members (excludes halogenated alkanes) is 1. The van der Waals surface area contributed by atoms with Gasteiger partial charge in [-0.15, -0.1) is 0 Å². The molecule has 2 heterocycles. The van der Waals surface area contributed by atoms with E-state index in [1.54, 1.807) is 25.7 Å². The number of ether oxygens (including phenoxy) is 2. The first-order valence-corrected chi connectivity index (χ1v) is 15.7. The minimum Gasteiger partial charge on any atom is -0.480 e. The first-order valence-electron chi connectivity index (χ1n) is 12.8. The van der Waals surface area contributed by atoms with Crippen molar-refractivity contribution in [3.8, 4) is 0 Å². The zero-order chi connectivity index (χ0) is 26.8. The van der Waals surface area contributed by atoms with Crippen LogP contribution in [0.5, 0.6) is 0 Å². The van der Waals surface area contributed by atoms with Crippen LogP contribution in [0, 0.1) is 5.92 Å². The average molecular weight is 515 g/mol. The van der Waals surface area contributed by atoms with Crippen LogP contribution in [0.4, 0.5) is 9.59 Å². The molecule has 2 fully saturated rings. The molecular formula is C25H46N2O7Si. The Hall–Kier alpha value is -1.81. The molecule has 2 aliphatic heterocycles. The first-order chi connectivity index (χ1) is 16.0. The van der Waals surface area contributed by atoms with E-state index in [4.69, 9.17) is 13.9 Å². The molecule has 2 saturated heterocycles. The van der Waals surface area contributed by atoms with Gasteiger partial charge in [0, 0.05) is 19.1 Å². The standard InChI is InChI=1S/C25H46N2O7Si/c1-10-11-12-32-22(30)27-16-18(34-35(8,9)25(5,6)7)14-19(27)17-13-20(21(28)29)26(15-17)23(31)33-24(2,3)4/h17-20H,10-16H2,1-9H3,(H,28,29). The van der Waals surface area contributed by atoms with Crippen LogP contribution in [0.2, 0.25) is 18.1 Å². The number of carbonyl (C=O) groups excluding carboxylic acids is 2. The maximum atomic E-state index is 13.1. The molecule has 2 rings (SSSR count). The van der Waals surface area contributed by atoms with Crippen LogP contribution in [-0.4, -0.2) is 84.9 Å². The summed E-state index contributed by atoms with van der Waals surface area (Å²) in [6.07, 6.45) is 1.36. The fourth-order valence-corrected chi connectivity index (χ4v) is 5.81. The molecule has 0 spiro atoms. The molecule has 1 N–H and O–H groups in total. The van der Waals surface area contributed by atoms with E-state index in [9.17, 15) is 19.5 Å². The minimum atomic E-state index is -2.08. The van der Waals surface area contributed by atoms with Gasteiger partial charge in [0.25, 0.3) is 0 Å². The summed E-state index contributed by atoms with van der Waals surface area (Å²) >= 11 is 0. The SMILES string of the molecule is CCCCOC(=O)N1CC(O[Si](C)(C)C(C)(C)C)CC1C1CC(C(=O)O)N(C(=O)OC(C)(C)C)C1. The predicted octanol–water partition coefficient (Wildman–Crippen LogP) is 5.10. The molecule has 0 aliphatic carbocycles. The Balaban J connectivity index is 2.26. The fraction of sp³-hybridized carbons (Fsp3) is 0.880. The molecule has 0 saturated carbocycles. The average Bonchev–Trinajstić information content (AvgIpc) is 3.30. The van der Waals surface area contributed by atoms with Gasteiger partial charge < -0.3 is 23.9 Å². The summed E-state index contributed by atoms with van der Waals surface area (Å²) in [7, 11) is -2.08. The lowest BCUT2D eigenvalue weighted by Gasteiger charge is -2.38. The van der Waals surface area contributed by atoms with Gasteiger partial charge in [-0.1, -0.05) is 34.1 Å². The van der Waals surface area contributed by atoms with Gasteiger partial charge in [-0.25, -0.2) is 14.4 Å². The third-order valence-corrected chi connectivity index (χ3v) is 11.9. The monoisotopic (exact) mass is 514 g/mol. The van der Waals surface area contributed by atoms with Crippen molar-refractivity contribution in [2.45, 2.75) is 116 Å². The van der Waals surface area contributed by atoms with Crippen LogP contribution in [0.25, 0.3) is 0 Å². The van der Waals surface area contributed by atoms with Crippen LogP contribution in [0.3, 0.4) is 0 Å². The summed E-state index contributed by atoms with van der Waals surface area (Å²) in [4.78, 5) is 40.9. The zero-order valence-electron chi connectivity index (χ0n) is 23.1. The number of hydrogen-bond donors (Lipinski definition) is 1. The van der Waals surface area contributed by atoms with Crippen molar-refractivity contribution >= 4 is 26.5 Å². The van der Waals surface area contributed by atoms with E-state index in [-0.39, 0.29) is 36.1 Å². The Bertz CT molecular complexity index is 775. The summed E-state index contributed by atoms with van der Waals surface area (Å²) in [6, 6.07) is -1.26. The number of amides is 2. The smallest absolute Gasteiger partial charge is 0.411 e. The molecule has 9 nitrogen and oxygen atoms in total. The molecule has 0 bridgehead atoms. The third-order valence-electron chi connectivity index (χ3n) is 7.32. The van der Waals surface area contributed by atoms with Crippen molar-refractivity contribution in [2.75, 3.05) is 19.7 Å². The number of rotatable bonds is 7.